The van der Waals surface area contributed by atoms with E-state index in [4.69, 9.17) is 11.6 Å². The Labute approximate surface area is 112 Å². The fourth-order valence-corrected chi connectivity index (χ4v) is 2.68. The number of benzene rings is 1. The van der Waals surface area contributed by atoms with Gasteiger partial charge in [0, 0.05) is 29.1 Å². The van der Waals surface area contributed by atoms with Gasteiger partial charge in [0.15, 0.2) is 0 Å². The van der Waals surface area contributed by atoms with Crippen LogP contribution in [0.2, 0.25) is 5.02 Å². The van der Waals surface area contributed by atoms with E-state index in [1.807, 2.05) is 41.2 Å². The first kappa shape index (κ1) is 11.6. The van der Waals surface area contributed by atoms with Crippen molar-refractivity contribution in [2.24, 2.45) is 0 Å². The normalized spacial score (nSPS) is 16.1. The molecule has 0 radical (unpaired) electrons. The fraction of sp³-hybridized carbons (Fsp3) is 0.357. The average molecular weight is 262 g/mol. The zero-order valence-corrected chi connectivity index (χ0v) is 10.9. The summed E-state index contributed by atoms with van der Waals surface area (Å²) in [5.74, 6) is 0.907. The van der Waals surface area contributed by atoms with Crippen molar-refractivity contribution in [3.8, 4) is 5.69 Å². The van der Waals surface area contributed by atoms with E-state index in [1.165, 1.54) is 25.7 Å². The molecule has 0 aliphatic heterocycles. The molecule has 1 heterocycles. The molecule has 0 atom stereocenters. The van der Waals surface area contributed by atoms with E-state index in [1.54, 1.807) is 0 Å². The van der Waals surface area contributed by atoms with Crippen molar-refractivity contribution in [2.45, 2.75) is 31.7 Å². The number of hydrogen-bond acceptors (Lipinski definition) is 2. The van der Waals surface area contributed by atoms with Gasteiger partial charge in [-0.1, -0.05) is 30.5 Å². The Morgan fingerprint density at radius 2 is 2.11 bits per heavy atom. The molecule has 1 aromatic carbocycles. The fourth-order valence-electron chi connectivity index (χ4n) is 2.50. The lowest BCUT2D eigenvalue weighted by Gasteiger charge is -2.14. The monoisotopic (exact) mass is 261 g/mol. The summed E-state index contributed by atoms with van der Waals surface area (Å²) in [6.07, 6.45) is 8.89. The summed E-state index contributed by atoms with van der Waals surface area (Å²) in [6, 6.07) is 8.38. The van der Waals surface area contributed by atoms with Crippen LogP contribution in [0.3, 0.4) is 0 Å². The van der Waals surface area contributed by atoms with Gasteiger partial charge in [-0.05, 0) is 31.0 Å². The first-order valence-electron chi connectivity index (χ1n) is 6.39. The Balaban J connectivity index is 1.86. The second-order valence-electron chi connectivity index (χ2n) is 4.73. The lowest BCUT2D eigenvalue weighted by molar-refractivity contribution is 0.740. The van der Waals surface area contributed by atoms with Crippen molar-refractivity contribution in [1.82, 2.24) is 9.55 Å². The van der Waals surface area contributed by atoms with Gasteiger partial charge in [-0.15, -0.1) is 0 Å². The van der Waals surface area contributed by atoms with Crippen LogP contribution in [0.5, 0.6) is 0 Å². The minimum Gasteiger partial charge on any atom is -0.353 e. The molecule has 0 amide bonds. The molecule has 0 unspecified atom stereocenters. The molecule has 3 rings (SSSR count). The molecule has 1 saturated carbocycles. The highest BCUT2D eigenvalue weighted by molar-refractivity contribution is 6.30. The highest BCUT2D eigenvalue weighted by atomic mass is 35.5. The number of hydrogen-bond donors (Lipinski definition) is 1. The maximum atomic E-state index is 6.03. The van der Waals surface area contributed by atoms with Crippen LogP contribution in [0.1, 0.15) is 25.7 Å². The summed E-state index contributed by atoms with van der Waals surface area (Å²) in [7, 11) is 0. The predicted octanol–water partition coefficient (Wildman–Crippen LogP) is 3.88. The van der Waals surface area contributed by atoms with Gasteiger partial charge in [0.2, 0.25) is 5.95 Å². The summed E-state index contributed by atoms with van der Waals surface area (Å²) in [5, 5.41) is 4.26. The molecule has 94 valence electrons. The van der Waals surface area contributed by atoms with Crippen molar-refractivity contribution >= 4 is 17.5 Å². The molecule has 1 N–H and O–H groups in total. The van der Waals surface area contributed by atoms with Crippen molar-refractivity contribution in [3.05, 3.63) is 41.7 Å². The Morgan fingerprint density at radius 3 is 2.89 bits per heavy atom. The third kappa shape index (κ3) is 2.36. The van der Waals surface area contributed by atoms with E-state index in [-0.39, 0.29) is 0 Å². The highest BCUT2D eigenvalue weighted by Gasteiger charge is 2.16. The molecular weight excluding hydrogens is 246 g/mol. The standard InChI is InChI=1S/C14H16ClN3/c15-11-4-3-7-13(10-11)18-9-8-16-14(18)17-12-5-1-2-6-12/h3-4,7-10,12H,1-2,5-6H2,(H,16,17). The average Bonchev–Trinajstić information content (AvgIpc) is 3.01. The predicted molar refractivity (Wildman–Crippen MR) is 74.5 cm³/mol. The zero-order chi connectivity index (χ0) is 12.4. The van der Waals surface area contributed by atoms with E-state index in [0.29, 0.717) is 6.04 Å². The lowest BCUT2D eigenvalue weighted by Crippen LogP contribution is -2.17. The molecule has 0 saturated heterocycles. The van der Waals surface area contributed by atoms with E-state index < -0.39 is 0 Å². The van der Waals surface area contributed by atoms with Crippen LogP contribution in [-0.4, -0.2) is 15.6 Å². The topological polar surface area (TPSA) is 29.9 Å². The summed E-state index contributed by atoms with van der Waals surface area (Å²) in [6.45, 7) is 0. The van der Waals surface area contributed by atoms with Gasteiger partial charge in [-0.25, -0.2) is 4.98 Å². The number of anilines is 1. The minimum atomic E-state index is 0.560. The number of halogens is 1. The van der Waals surface area contributed by atoms with Crippen molar-refractivity contribution in [2.75, 3.05) is 5.32 Å². The number of aromatic nitrogens is 2. The maximum absolute atomic E-state index is 6.03. The maximum Gasteiger partial charge on any atom is 0.207 e. The van der Waals surface area contributed by atoms with Crippen LogP contribution < -0.4 is 5.32 Å². The number of imidazole rings is 1. The van der Waals surface area contributed by atoms with Crippen LogP contribution in [0.25, 0.3) is 5.69 Å². The second-order valence-corrected chi connectivity index (χ2v) is 5.16. The Hall–Kier alpha value is -1.48. The van der Waals surface area contributed by atoms with E-state index in [9.17, 15) is 0 Å². The van der Waals surface area contributed by atoms with Gasteiger partial charge in [0.1, 0.15) is 0 Å². The van der Waals surface area contributed by atoms with E-state index in [0.717, 1.165) is 16.7 Å². The first-order chi connectivity index (χ1) is 8.83. The zero-order valence-electron chi connectivity index (χ0n) is 10.1. The molecule has 2 aromatic rings. The largest absolute Gasteiger partial charge is 0.353 e. The molecule has 0 spiro atoms. The van der Waals surface area contributed by atoms with Gasteiger partial charge in [-0.2, -0.15) is 0 Å². The number of nitrogens with zero attached hydrogens (tertiary/aromatic N) is 2. The molecule has 1 fully saturated rings. The van der Waals surface area contributed by atoms with Crippen LogP contribution in [0.4, 0.5) is 5.95 Å². The van der Waals surface area contributed by atoms with Gasteiger partial charge >= 0.3 is 0 Å². The SMILES string of the molecule is Clc1cccc(-n2ccnc2NC2CCCC2)c1. The molecule has 1 aliphatic carbocycles. The van der Waals surface area contributed by atoms with E-state index >= 15 is 0 Å². The molecule has 0 bridgehead atoms. The molecular formula is C14H16ClN3. The minimum absolute atomic E-state index is 0.560. The lowest BCUT2D eigenvalue weighted by atomic mass is 10.2. The quantitative estimate of drug-likeness (QED) is 0.909. The summed E-state index contributed by atoms with van der Waals surface area (Å²) < 4.78 is 2.05. The summed E-state index contributed by atoms with van der Waals surface area (Å²) >= 11 is 6.03. The molecule has 1 aliphatic rings. The number of rotatable bonds is 3. The summed E-state index contributed by atoms with van der Waals surface area (Å²) in [5.41, 5.74) is 1.04. The molecule has 4 heteroatoms. The van der Waals surface area contributed by atoms with Gasteiger partial charge < -0.3 is 5.32 Å². The smallest absolute Gasteiger partial charge is 0.207 e. The van der Waals surface area contributed by atoms with Crippen LogP contribution in [0, 0.1) is 0 Å². The molecule has 1 aromatic heterocycles. The van der Waals surface area contributed by atoms with Gasteiger partial charge in [-0.3, -0.25) is 4.57 Å². The van der Waals surface area contributed by atoms with Gasteiger partial charge in [0.05, 0.1) is 0 Å². The molecule has 3 nitrogen and oxygen atoms in total. The van der Waals surface area contributed by atoms with Crippen molar-refractivity contribution in [1.29, 1.82) is 0 Å². The van der Waals surface area contributed by atoms with Crippen LogP contribution in [-0.2, 0) is 0 Å². The van der Waals surface area contributed by atoms with Crippen LogP contribution in [0.15, 0.2) is 36.7 Å². The molecule has 18 heavy (non-hydrogen) atoms. The van der Waals surface area contributed by atoms with Crippen molar-refractivity contribution in [3.63, 3.8) is 0 Å². The third-order valence-electron chi connectivity index (χ3n) is 3.42. The third-order valence-corrected chi connectivity index (χ3v) is 3.65. The number of nitrogens with one attached hydrogen (secondary N) is 1. The van der Waals surface area contributed by atoms with Crippen LogP contribution >= 0.6 is 11.6 Å². The summed E-state index contributed by atoms with van der Waals surface area (Å²) in [4.78, 5) is 4.39. The highest BCUT2D eigenvalue weighted by Crippen LogP contribution is 2.23. The first-order valence-corrected chi connectivity index (χ1v) is 6.76. The Bertz CT molecular complexity index is 529. The Morgan fingerprint density at radius 1 is 1.28 bits per heavy atom. The van der Waals surface area contributed by atoms with Crippen molar-refractivity contribution < 1.29 is 0 Å². The van der Waals surface area contributed by atoms with E-state index in [2.05, 4.69) is 10.3 Å². The second kappa shape index (κ2) is 5.02. The van der Waals surface area contributed by atoms with Gasteiger partial charge in [0.25, 0.3) is 0 Å². The Kier molecular flexibility index (Phi) is 3.24.